The quantitative estimate of drug-likeness (QED) is 0.744. The van der Waals surface area contributed by atoms with Crippen molar-refractivity contribution < 1.29 is 9.18 Å². The van der Waals surface area contributed by atoms with Crippen LogP contribution in [0.15, 0.2) is 61.1 Å². The van der Waals surface area contributed by atoms with Crippen molar-refractivity contribution in [3.8, 4) is 6.07 Å². The van der Waals surface area contributed by atoms with Gasteiger partial charge in [0.1, 0.15) is 5.82 Å². The predicted octanol–water partition coefficient (Wildman–Crippen LogP) is 2.98. The number of allylic oxidation sites excluding steroid dienone is 2. The Kier molecular flexibility index (Phi) is 6.48. The molecule has 2 heterocycles. The highest BCUT2D eigenvalue weighted by Crippen LogP contribution is 2.35. The number of nitriles is 1. The van der Waals surface area contributed by atoms with Gasteiger partial charge in [-0.1, -0.05) is 12.1 Å². The molecule has 1 saturated heterocycles. The third kappa shape index (κ3) is 4.49. The van der Waals surface area contributed by atoms with Crippen LogP contribution in [-0.2, 0) is 6.42 Å². The first-order valence-electron chi connectivity index (χ1n) is 9.72. The molecule has 7 heteroatoms. The molecule has 30 heavy (non-hydrogen) atoms. The number of carbonyl (C=O) groups excluding carboxylic acids is 1. The number of hydrogen-bond donors (Lipinski definition) is 2. The second-order valence-electron chi connectivity index (χ2n) is 7.37. The van der Waals surface area contributed by atoms with Gasteiger partial charge < -0.3 is 16.4 Å². The van der Waals surface area contributed by atoms with Gasteiger partial charge in [0.15, 0.2) is 0 Å². The lowest BCUT2D eigenvalue weighted by molar-refractivity contribution is 0.0646. The molecule has 6 nitrogen and oxygen atoms in total. The summed E-state index contributed by atoms with van der Waals surface area (Å²) in [7, 11) is 0. The van der Waals surface area contributed by atoms with Gasteiger partial charge in [-0.05, 0) is 61.4 Å². The number of likely N-dealkylation sites (tertiary alicyclic amines) is 1. The molecule has 1 fully saturated rings. The van der Waals surface area contributed by atoms with Gasteiger partial charge in [0.25, 0.3) is 5.91 Å². The summed E-state index contributed by atoms with van der Waals surface area (Å²) in [4.78, 5) is 19.2. The molecule has 0 saturated carbocycles. The third-order valence-corrected chi connectivity index (χ3v) is 5.47. The Morgan fingerprint density at radius 2 is 1.93 bits per heavy atom. The molecule has 1 amide bonds. The normalized spacial score (nSPS) is 16.4. The maximum Gasteiger partial charge on any atom is 0.256 e. The topological polar surface area (TPSA) is 109 Å². The van der Waals surface area contributed by atoms with Gasteiger partial charge in [-0.2, -0.15) is 5.26 Å². The van der Waals surface area contributed by atoms with Crippen LogP contribution >= 0.6 is 0 Å². The lowest BCUT2D eigenvalue weighted by Crippen LogP contribution is -2.43. The first-order chi connectivity index (χ1) is 14.5. The maximum atomic E-state index is 13.2. The van der Waals surface area contributed by atoms with Crippen LogP contribution in [0.25, 0.3) is 5.57 Å². The van der Waals surface area contributed by atoms with Crippen LogP contribution < -0.4 is 11.5 Å². The van der Waals surface area contributed by atoms with E-state index in [-0.39, 0.29) is 11.7 Å². The number of rotatable bonds is 5. The molecule has 0 radical (unpaired) electrons. The Labute approximate surface area is 175 Å². The van der Waals surface area contributed by atoms with Crippen LogP contribution in [0, 0.1) is 22.6 Å². The Morgan fingerprint density at radius 3 is 2.53 bits per heavy atom. The number of pyridine rings is 1. The van der Waals surface area contributed by atoms with Gasteiger partial charge in [-0.3, -0.25) is 9.78 Å². The van der Waals surface area contributed by atoms with Gasteiger partial charge in [0.2, 0.25) is 0 Å². The molecule has 0 bridgehead atoms. The smallest absolute Gasteiger partial charge is 0.256 e. The number of carbonyl (C=O) groups is 1. The SMILES string of the molecule is N#CC1(Cc2ccc(F)cc2)CCN(C(=O)c2cccnc2C(/C=C\N)=C/N)CC1. The summed E-state index contributed by atoms with van der Waals surface area (Å²) < 4.78 is 13.2. The average Bonchev–Trinajstić information content (AvgIpc) is 2.79. The fourth-order valence-corrected chi connectivity index (χ4v) is 3.75. The zero-order valence-corrected chi connectivity index (χ0v) is 16.6. The van der Waals surface area contributed by atoms with Gasteiger partial charge in [0, 0.05) is 31.1 Å². The van der Waals surface area contributed by atoms with Crippen LogP contribution in [0.5, 0.6) is 0 Å². The molecular formula is C23H24FN5O. The monoisotopic (exact) mass is 405 g/mol. The Morgan fingerprint density at radius 1 is 1.23 bits per heavy atom. The van der Waals surface area contributed by atoms with Crippen molar-refractivity contribution >= 4 is 11.5 Å². The van der Waals surface area contributed by atoms with Crippen LogP contribution in [0.3, 0.4) is 0 Å². The lowest BCUT2D eigenvalue weighted by atomic mass is 9.75. The second-order valence-corrected chi connectivity index (χ2v) is 7.37. The molecule has 3 rings (SSSR count). The minimum absolute atomic E-state index is 0.156. The summed E-state index contributed by atoms with van der Waals surface area (Å²) in [5.74, 6) is -0.455. The number of halogens is 1. The zero-order valence-electron chi connectivity index (χ0n) is 16.6. The first kappa shape index (κ1) is 21.1. The third-order valence-electron chi connectivity index (χ3n) is 5.47. The van der Waals surface area contributed by atoms with Crippen molar-refractivity contribution in [3.63, 3.8) is 0 Å². The fraction of sp³-hybridized carbons (Fsp3) is 0.261. The Bertz CT molecular complexity index is 999. The van der Waals surface area contributed by atoms with Crippen molar-refractivity contribution in [2.75, 3.05) is 13.1 Å². The molecule has 154 valence electrons. The minimum Gasteiger partial charge on any atom is -0.405 e. The summed E-state index contributed by atoms with van der Waals surface area (Å²) in [6.07, 6.45) is 7.53. The Balaban J connectivity index is 1.76. The number of benzene rings is 1. The van der Waals surface area contributed by atoms with Crippen LogP contribution in [-0.4, -0.2) is 28.9 Å². The van der Waals surface area contributed by atoms with E-state index in [0.717, 1.165) is 5.56 Å². The van der Waals surface area contributed by atoms with E-state index in [1.807, 2.05) is 0 Å². The van der Waals surface area contributed by atoms with E-state index >= 15 is 0 Å². The van der Waals surface area contributed by atoms with E-state index in [2.05, 4.69) is 11.1 Å². The summed E-state index contributed by atoms with van der Waals surface area (Å²) in [6, 6.07) is 12.1. The van der Waals surface area contributed by atoms with E-state index in [1.165, 1.54) is 24.5 Å². The van der Waals surface area contributed by atoms with Gasteiger partial charge >= 0.3 is 0 Å². The molecular weight excluding hydrogens is 381 g/mol. The molecule has 2 aromatic rings. The molecule has 1 aromatic carbocycles. The van der Waals surface area contributed by atoms with Crippen molar-refractivity contribution in [2.45, 2.75) is 19.3 Å². The molecule has 0 atom stereocenters. The average molecular weight is 405 g/mol. The van der Waals surface area contributed by atoms with Crippen molar-refractivity contribution in [1.82, 2.24) is 9.88 Å². The van der Waals surface area contributed by atoms with E-state index in [9.17, 15) is 14.4 Å². The van der Waals surface area contributed by atoms with Crippen molar-refractivity contribution in [2.24, 2.45) is 16.9 Å². The zero-order chi connectivity index (χ0) is 21.6. The summed E-state index contributed by atoms with van der Waals surface area (Å²) in [5, 5.41) is 9.83. The van der Waals surface area contributed by atoms with E-state index in [0.29, 0.717) is 49.2 Å². The fourth-order valence-electron chi connectivity index (χ4n) is 3.75. The molecule has 0 unspecified atom stereocenters. The van der Waals surface area contributed by atoms with Crippen LogP contribution in [0.2, 0.25) is 0 Å². The standard InChI is InChI=1S/C23H24FN5O/c24-19-5-3-17(4-6-19)14-23(16-27)8-12-29(13-9-23)22(30)20-2-1-11-28-21(20)18(15-26)7-10-25/h1-7,10-11,15H,8-9,12-14,25-26H2/b10-7-,18-15+. The number of aromatic nitrogens is 1. The number of nitrogens with two attached hydrogens (primary N) is 2. The molecule has 0 aliphatic carbocycles. The molecule has 1 aliphatic heterocycles. The first-order valence-corrected chi connectivity index (χ1v) is 9.72. The van der Waals surface area contributed by atoms with E-state index < -0.39 is 5.41 Å². The van der Waals surface area contributed by atoms with Crippen LogP contribution in [0.1, 0.15) is 34.5 Å². The highest BCUT2D eigenvalue weighted by molar-refractivity contribution is 5.99. The number of piperidine rings is 1. The summed E-state index contributed by atoms with van der Waals surface area (Å²) in [6.45, 7) is 0.909. The molecule has 0 spiro atoms. The number of hydrogen-bond acceptors (Lipinski definition) is 5. The molecule has 1 aliphatic rings. The van der Waals surface area contributed by atoms with Gasteiger partial charge in [0.05, 0.1) is 22.7 Å². The van der Waals surface area contributed by atoms with Crippen molar-refractivity contribution in [1.29, 1.82) is 5.26 Å². The van der Waals surface area contributed by atoms with E-state index in [1.54, 1.807) is 41.4 Å². The number of amides is 1. The van der Waals surface area contributed by atoms with Crippen LogP contribution in [0.4, 0.5) is 4.39 Å². The second kappa shape index (κ2) is 9.23. The summed E-state index contributed by atoms with van der Waals surface area (Å²) in [5.41, 5.74) is 13.0. The Hall–Kier alpha value is -3.66. The van der Waals surface area contributed by atoms with E-state index in [4.69, 9.17) is 11.5 Å². The minimum atomic E-state index is -0.572. The van der Waals surface area contributed by atoms with Crippen molar-refractivity contribution in [3.05, 3.63) is 83.7 Å². The molecule has 4 N–H and O–H groups in total. The molecule has 1 aromatic heterocycles. The lowest BCUT2D eigenvalue weighted by Gasteiger charge is -2.37. The maximum absolute atomic E-state index is 13.2. The number of nitrogens with zero attached hydrogens (tertiary/aromatic N) is 3. The largest absolute Gasteiger partial charge is 0.405 e. The van der Waals surface area contributed by atoms with Gasteiger partial charge in [-0.15, -0.1) is 0 Å². The summed E-state index contributed by atoms with van der Waals surface area (Å²) >= 11 is 0. The predicted molar refractivity (Wildman–Crippen MR) is 113 cm³/mol. The van der Waals surface area contributed by atoms with Gasteiger partial charge in [-0.25, -0.2) is 4.39 Å². The highest BCUT2D eigenvalue weighted by Gasteiger charge is 2.37. The highest BCUT2D eigenvalue weighted by atomic mass is 19.1.